The van der Waals surface area contributed by atoms with Crippen molar-refractivity contribution in [3.05, 3.63) is 127 Å². The molecule has 9 nitrogen and oxygen atoms in total. The zero-order valence-corrected chi connectivity index (χ0v) is 24.3. The van der Waals surface area contributed by atoms with Crippen LogP contribution in [-0.4, -0.2) is 22.1 Å². The second kappa shape index (κ2) is 19.8. The molecule has 0 unspecified atom stereocenters. The van der Waals surface area contributed by atoms with E-state index in [1.807, 2.05) is 24.3 Å². The Kier molecular flexibility index (Phi) is 17.8. The van der Waals surface area contributed by atoms with E-state index < -0.39 is 0 Å². The third-order valence-corrected chi connectivity index (χ3v) is 5.35. The van der Waals surface area contributed by atoms with Gasteiger partial charge < -0.3 is 16.2 Å². The number of nitrogens with zero attached hydrogens (tertiary/aromatic N) is 6. The third kappa shape index (κ3) is 13.7. The SMILES string of the molecule is C.COc1ccc(CN)cc1.[C-]#[N+]c1ccc(Cl)nc1C.[C-]#[N+]c1ccc(Cl)nc1Cl.[C-]#[N+]c1ccc(Cl)nc1N. The predicted molar refractivity (Wildman–Crippen MR) is 168 cm³/mol. The van der Waals surface area contributed by atoms with Gasteiger partial charge in [0.15, 0.2) is 0 Å². The molecule has 0 aliphatic heterocycles. The first-order valence-corrected chi connectivity index (χ1v) is 12.4. The number of nitrogens with two attached hydrogens (primary N) is 2. The summed E-state index contributed by atoms with van der Waals surface area (Å²) in [5, 5.41) is 1.20. The maximum atomic E-state index is 6.70. The number of ether oxygens (including phenoxy) is 1. The lowest BCUT2D eigenvalue weighted by atomic mass is 10.2. The molecule has 0 saturated carbocycles. The van der Waals surface area contributed by atoms with Crippen LogP contribution in [0.25, 0.3) is 14.5 Å². The molecular weight excluding hydrogens is 606 g/mol. The molecule has 0 aliphatic carbocycles. The highest BCUT2D eigenvalue weighted by Gasteiger charge is 2.00. The number of pyridine rings is 3. The number of rotatable bonds is 2. The molecule has 0 aliphatic rings. The fraction of sp³-hybridized carbons (Fsp3) is 0.143. The lowest BCUT2D eigenvalue weighted by Crippen LogP contribution is -1.95. The van der Waals surface area contributed by atoms with E-state index in [0.717, 1.165) is 11.3 Å². The van der Waals surface area contributed by atoms with Gasteiger partial charge in [-0.1, -0.05) is 78.1 Å². The molecule has 13 heteroatoms. The van der Waals surface area contributed by atoms with Gasteiger partial charge in [-0.15, -0.1) is 0 Å². The van der Waals surface area contributed by atoms with E-state index in [4.69, 9.17) is 82.3 Å². The average molecular weight is 632 g/mol. The molecule has 0 amide bonds. The predicted octanol–water partition coefficient (Wildman–Crippen LogP) is 9.19. The molecule has 1 aromatic carbocycles. The summed E-state index contributed by atoms with van der Waals surface area (Å²) in [4.78, 5) is 20.7. The summed E-state index contributed by atoms with van der Waals surface area (Å²) in [6.45, 7) is 22.3. The first-order chi connectivity index (χ1) is 19.1. The van der Waals surface area contributed by atoms with Crippen molar-refractivity contribution in [3.63, 3.8) is 0 Å². The Balaban J connectivity index is 0.000000516. The van der Waals surface area contributed by atoms with E-state index in [-0.39, 0.29) is 18.4 Å². The number of methoxy groups -OCH3 is 1. The number of hydrogen-bond acceptors (Lipinski definition) is 6. The van der Waals surface area contributed by atoms with Gasteiger partial charge in [-0.05, 0) is 48.9 Å². The summed E-state index contributed by atoms with van der Waals surface area (Å²) in [5.41, 5.74) is 13.8. The second-order valence-corrected chi connectivity index (χ2v) is 8.63. The molecule has 4 N–H and O–H groups in total. The van der Waals surface area contributed by atoms with Gasteiger partial charge in [0, 0.05) is 12.2 Å². The summed E-state index contributed by atoms with van der Waals surface area (Å²) in [5.74, 6) is 1.06. The first kappa shape index (κ1) is 36.9. The molecule has 0 fully saturated rings. The Morgan fingerprint density at radius 1 is 0.707 bits per heavy atom. The summed E-state index contributed by atoms with van der Waals surface area (Å²) in [6.07, 6.45) is 0. The fourth-order valence-corrected chi connectivity index (χ4v) is 3.16. The lowest BCUT2D eigenvalue weighted by Gasteiger charge is -1.99. The topological polar surface area (TPSA) is 113 Å². The van der Waals surface area contributed by atoms with E-state index in [9.17, 15) is 0 Å². The zero-order valence-electron chi connectivity index (χ0n) is 21.2. The fourth-order valence-electron chi connectivity index (χ4n) is 2.43. The summed E-state index contributed by atoms with van der Waals surface area (Å²) in [7, 11) is 1.65. The first-order valence-electron chi connectivity index (χ1n) is 10.9. The minimum atomic E-state index is 0. The molecule has 212 valence electrons. The molecule has 3 aromatic heterocycles. The maximum absolute atomic E-state index is 6.70. The van der Waals surface area contributed by atoms with Crippen molar-refractivity contribution in [3.8, 4) is 5.75 Å². The summed E-state index contributed by atoms with van der Waals surface area (Å²) in [6, 6.07) is 17.1. The normalized spacial score (nSPS) is 8.78. The van der Waals surface area contributed by atoms with E-state index in [1.165, 1.54) is 24.3 Å². The van der Waals surface area contributed by atoms with Gasteiger partial charge in [0.1, 0.15) is 32.2 Å². The molecule has 41 heavy (non-hydrogen) atoms. The van der Waals surface area contributed by atoms with E-state index >= 15 is 0 Å². The van der Waals surface area contributed by atoms with Crippen molar-refractivity contribution >= 4 is 69.3 Å². The van der Waals surface area contributed by atoms with Gasteiger partial charge in [0.25, 0.3) is 0 Å². The van der Waals surface area contributed by atoms with Gasteiger partial charge in [-0.3, -0.25) is 4.98 Å². The molecule has 0 spiro atoms. The van der Waals surface area contributed by atoms with Crippen LogP contribution < -0.4 is 16.2 Å². The van der Waals surface area contributed by atoms with Gasteiger partial charge in [-0.25, -0.2) is 24.5 Å². The highest BCUT2D eigenvalue weighted by molar-refractivity contribution is 6.34. The van der Waals surface area contributed by atoms with Crippen LogP contribution in [0.5, 0.6) is 5.75 Å². The second-order valence-electron chi connectivity index (χ2n) is 7.11. The number of anilines is 1. The van der Waals surface area contributed by atoms with Gasteiger partial charge >= 0.3 is 0 Å². The average Bonchev–Trinajstić information content (AvgIpc) is 2.94. The van der Waals surface area contributed by atoms with Gasteiger partial charge in [0.05, 0.1) is 26.8 Å². The standard InChI is InChI=1S/C8H11NO.C7H5ClN2.C6H2Cl2N2.C6H4ClN3.CH4/c1-10-8-4-2-7(6-9)3-5-8;1-5-6(9-2)3-4-7(8)10-5;2*1-9-4-2-3-5(7)10-6(4)8;/h2-5H,6,9H2,1H3;3-4H,1H3;2-3H;2-3H,(H2,8,10);1H4. The van der Waals surface area contributed by atoms with E-state index in [0.29, 0.717) is 44.8 Å². The maximum Gasteiger partial charge on any atom is 0.228 e. The molecule has 4 rings (SSSR count). The Morgan fingerprint density at radius 3 is 1.59 bits per heavy atom. The number of aromatic nitrogens is 3. The van der Waals surface area contributed by atoms with Crippen LogP contribution in [0.15, 0.2) is 60.7 Å². The Labute approximate surface area is 260 Å². The highest BCUT2D eigenvalue weighted by atomic mass is 35.5. The van der Waals surface area contributed by atoms with Crippen LogP contribution in [-0.2, 0) is 6.54 Å². The number of halogens is 4. The molecule has 0 radical (unpaired) electrons. The van der Waals surface area contributed by atoms with E-state index in [1.54, 1.807) is 26.2 Å². The Bertz CT molecular complexity index is 1360. The number of aryl methyl sites for hydroxylation is 1. The molecule has 0 bridgehead atoms. The lowest BCUT2D eigenvalue weighted by molar-refractivity contribution is 0.414. The summed E-state index contributed by atoms with van der Waals surface area (Å²) >= 11 is 22.0. The smallest absolute Gasteiger partial charge is 0.228 e. The third-order valence-electron chi connectivity index (χ3n) is 4.44. The Hall–Kier alpha value is -4.14. The molecule has 0 atom stereocenters. The van der Waals surface area contributed by atoms with Crippen LogP contribution in [0.4, 0.5) is 22.9 Å². The zero-order chi connectivity index (χ0) is 30.1. The van der Waals surface area contributed by atoms with Crippen molar-refractivity contribution in [2.75, 3.05) is 12.8 Å². The van der Waals surface area contributed by atoms with E-state index in [2.05, 4.69) is 29.5 Å². The number of benzene rings is 1. The minimum Gasteiger partial charge on any atom is -0.497 e. The summed E-state index contributed by atoms with van der Waals surface area (Å²) < 4.78 is 4.97. The highest BCUT2D eigenvalue weighted by Crippen LogP contribution is 2.24. The van der Waals surface area contributed by atoms with Crippen LogP contribution in [0.2, 0.25) is 20.6 Å². The number of hydrogen-bond donors (Lipinski definition) is 2. The molecule has 0 saturated heterocycles. The quantitative estimate of drug-likeness (QED) is 0.168. The van der Waals surface area contributed by atoms with Crippen LogP contribution in [0, 0.1) is 26.6 Å². The molecule has 3 heterocycles. The van der Waals surface area contributed by atoms with Gasteiger partial charge in [0.2, 0.25) is 17.1 Å². The minimum absolute atomic E-state index is 0. The van der Waals surface area contributed by atoms with Crippen molar-refractivity contribution in [2.24, 2.45) is 5.73 Å². The molecular formula is C28H26Cl4N8O. The Morgan fingerprint density at radius 2 is 1.17 bits per heavy atom. The van der Waals surface area contributed by atoms with Crippen LogP contribution >= 0.6 is 46.4 Å². The number of nitrogen functional groups attached to an aromatic ring is 1. The van der Waals surface area contributed by atoms with Crippen molar-refractivity contribution in [1.29, 1.82) is 0 Å². The van der Waals surface area contributed by atoms with Crippen molar-refractivity contribution < 1.29 is 4.74 Å². The van der Waals surface area contributed by atoms with Crippen LogP contribution in [0.1, 0.15) is 18.7 Å². The monoisotopic (exact) mass is 630 g/mol. The largest absolute Gasteiger partial charge is 0.497 e. The van der Waals surface area contributed by atoms with Crippen molar-refractivity contribution in [1.82, 2.24) is 15.0 Å². The molecule has 4 aromatic rings. The van der Waals surface area contributed by atoms with Gasteiger partial charge in [-0.2, -0.15) is 0 Å². The van der Waals surface area contributed by atoms with Crippen LogP contribution in [0.3, 0.4) is 0 Å². The van der Waals surface area contributed by atoms with Crippen molar-refractivity contribution in [2.45, 2.75) is 20.9 Å².